The van der Waals surface area contributed by atoms with Gasteiger partial charge in [-0.3, -0.25) is 4.90 Å². The minimum Gasteiger partial charge on any atom is -0.387 e. The Balaban J connectivity index is 1.69. The number of piperidine rings is 1. The second-order valence-corrected chi connectivity index (χ2v) is 7.76. The number of ether oxygens (including phenoxy) is 1. The Morgan fingerprint density at radius 3 is 2.67 bits per heavy atom. The first-order valence-electron chi connectivity index (χ1n) is 8.45. The third-order valence-corrected chi connectivity index (χ3v) is 5.90. The number of hydrogen-bond donors (Lipinski definition) is 2. The summed E-state index contributed by atoms with van der Waals surface area (Å²) in [6.45, 7) is 5.61. The number of hydrogen-bond acceptors (Lipinski definition) is 4. The van der Waals surface area contributed by atoms with E-state index >= 15 is 0 Å². The second-order valence-electron chi connectivity index (χ2n) is 7.36. The van der Waals surface area contributed by atoms with Gasteiger partial charge in [0.05, 0.1) is 17.8 Å². The highest BCUT2D eigenvalue weighted by Gasteiger charge is 2.52. The van der Waals surface area contributed by atoms with Gasteiger partial charge in [0.1, 0.15) is 11.9 Å². The fourth-order valence-electron chi connectivity index (χ4n) is 3.83. The van der Waals surface area contributed by atoms with Crippen molar-refractivity contribution in [3.8, 4) is 0 Å². The fraction of sp³-hybridized carbons (Fsp3) is 0.667. The van der Waals surface area contributed by atoms with Crippen LogP contribution >= 0.6 is 11.6 Å². The number of nitrogens with zero attached hydrogens (tertiary/aromatic N) is 1. The Kier molecular flexibility index (Phi) is 4.93. The van der Waals surface area contributed by atoms with Gasteiger partial charge in [0.2, 0.25) is 0 Å². The van der Waals surface area contributed by atoms with Crippen LogP contribution in [0.3, 0.4) is 0 Å². The quantitative estimate of drug-likeness (QED) is 0.854. The lowest BCUT2D eigenvalue weighted by Crippen LogP contribution is -2.64. The van der Waals surface area contributed by atoms with Crippen molar-refractivity contribution in [3.05, 3.63) is 34.1 Å². The number of aryl methyl sites for hydroxylation is 1. The first-order chi connectivity index (χ1) is 11.3. The van der Waals surface area contributed by atoms with Gasteiger partial charge in [-0.15, -0.1) is 0 Å². The molecule has 134 valence electrons. The standard InChI is InChI=1S/C18H25ClFNO3/c1-12-3-4-14(19)13(15(12)20)11-21-8-5-18(6-9-21)16(22)17(2,23)7-10-24-18/h3-4,16,22-23H,5-11H2,1-2H3/t16-,17+/m0/s1. The van der Waals surface area contributed by atoms with Gasteiger partial charge in [0, 0.05) is 36.6 Å². The van der Waals surface area contributed by atoms with Gasteiger partial charge in [0.15, 0.2) is 0 Å². The van der Waals surface area contributed by atoms with Crippen LogP contribution in [0.25, 0.3) is 0 Å². The molecule has 2 N–H and O–H groups in total. The van der Waals surface area contributed by atoms with E-state index in [0.29, 0.717) is 61.7 Å². The van der Waals surface area contributed by atoms with Crippen LogP contribution in [0.2, 0.25) is 5.02 Å². The number of halogens is 2. The lowest BCUT2D eigenvalue weighted by Gasteiger charge is -2.51. The molecule has 1 spiro atoms. The minimum atomic E-state index is -1.12. The third kappa shape index (κ3) is 3.20. The van der Waals surface area contributed by atoms with Crippen LogP contribution < -0.4 is 0 Å². The van der Waals surface area contributed by atoms with Crippen molar-refractivity contribution in [3.63, 3.8) is 0 Å². The smallest absolute Gasteiger partial charge is 0.132 e. The summed E-state index contributed by atoms with van der Waals surface area (Å²) < 4.78 is 20.2. The molecule has 6 heteroatoms. The largest absolute Gasteiger partial charge is 0.387 e. The van der Waals surface area contributed by atoms with Crippen LogP contribution in [-0.2, 0) is 11.3 Å². The van der Waals surface area contributed by atoms with Gasteiger partial charge in [-0.25, -0.2) is 4.39 Å². The molecule has 2 aliphatic heterocycles. The molecule has 0 bridgehead atoms. The molecule has 24 heavy (non-hydrogen) atoms. The van der Waals surface area contributed by atoms with Crippen molar-refractivity contribution in [1.82, 2.24) is 4.90 Å². The molecule has 2 atom stereocenters. The molecule has 2 aliphatic rings. The maximum atomic E-state index is 14.3. The van der Waals surface area contributed by atoms with E-state index in [1.54, 1.807) is 26.0 Å². The maximum Gasteiger partial charge on any atom is 0.132 e. The average Bonchev–Trinajstić information content (AvgIpc) is 2.55. The molecule has 2 fully saturated rings. The van der Waals surface area contributed by atoms with Crippen molar-refractivity contribution in [2.45, 2.75) is 57.0 Å². The Labute approximate surface area is 147 Å². The van der Waals surface area contributed by atoms with E-state index < -0.39 is 17.3 Å². The molecule has 0 aliphatic carbocycles. The summed E-state index contributed by atoms with van der Waals surface area (Å²) in [6.07, 6.45) is 0.745. The molecule has 1 aromatic rings. The maximum absolute atomic E-state index is 14.3. The number of aliphatic hydroxyl groups excluding tert-OH is 1. The topological polar surface area (TPSA) is 52.9 Å². The molecule has 0 saturated carbocycles. The summed E-state index contributed by atoms with van der Waals surface area (Å²) in [6, 6.07) is 3.41. The van der Waals surface area contributed by atoms with Crippen molar-refractivity contribution < 1.29 is 19.3 Å². The Morgan fingerprint density at radius 1 is 1.33 bits per heavy atom. The Morgan fingerprint density at radius 2 is 2.00 bits per heavy atom. The highest BCUT2D eigenvalue weighted by Crippen LogP contribution is 2.40. The van der Waals surface area contributed by atoms with Gasteiger partial charge in [-0.05, 0) is 38.3 Å². The van der Waals surface area contributed by atoms with Gasteiger partial charge in [0.25, 0.3) is 0 Å². The van der Waals surface area contributed by atoms with Crippen LogP contribution in [0.5, 0.6) is 0 Å². The molecule has 1 aromatic carbocycles. The normalized spacial score (nSPS) is 30.7. The first kappa shape index (κ1) is 18.1. The van der Waals surface area contributed by atoms with Gasteiger partial charge >= 0.3 is 0 Å². The van der Waals surface area contributed by atoms with Crippen LogP contribution in [0.15, 0.2) is 12.1 Å². The van der Waals surface area contributed by atoms with Crippen LogP contribution in [0.1, 0.15) is 37.3 Å². The number of rotatable bonds is 2. The summed E-state index contributed by atoms with van der Waals surface area (Å²) in [5.41, 5.74) is -0.714. The van der Waals surface area contributed by atoms with Crippen molar-refractivity contribution in [2.24, 2.45) is 0 Å². The van der Waals surface area contributed by atoms with Crippen LogP contribution in [0.4, 0.5) is 4.39 Å². The molecular weight excluding hydrogens is 333 g/mol. The number of likely N-dealkylation sites (tertiary alicyclic amines) is 1. The predicted octanol–water partition coefficient (Wildman–Crippen LogP) is 2.65. The summed E-state index contributed by atoms with van der Waals surface area (Å²) >= 11 is 6.16. The predicted molar refractivity (Wildman–Crippen MR) is 90.6 cm³/mol. The molecule has 4 nitrogen and oxygen atoms in total. The molecule has 3 rings (SSSR count). The van der Waals surface area contributed by atoms with E-state index in [1.165, 1.54) is 0 Å². The minimum absolute atomic E-state index is 0.250. The Bertz CT molecular complexity index is 615. The lowest BCUT2D eigenvalue weighted by molar-refractivity contribution is -0.246. The zero-order valence-electron chi connectivity index (χ0n) is 14.2. The summed E-state index contributed by atoms with van der Waals surface area (Å²) in [5, 5.41) is 21.3. The van der Waals surface area contributed by atoms with Gasteiger partial charge < -0.3 is 14.9 Å². The molecule has 0 amide bonds. The van der Waals surface area contributed by atoms with E-state index in [9.17, 15) is 14.6 Å². The molecule has 2 heterocycles. The highest BCUT2D eigenvalue weighted by atomic mass is 35.5. The molecule has 0 unspecified atom stereocenters. The monoisotopic (exact) mass is 357 g/mol. The van der Waals surface area contributed by atoms with E-state index in [-0.39, 0.29) is 5.82 Å². The summed E-state index contributed by atoms with van der Waals surface area (Å²) in [7, 11) is 0. The second kappa shape index (κ2) is 6.54. The van der Waals surface area contributed by atoms with E-state index in [0.717, 1.165) is 0 Å². The molecular formula is C18H25ClFNO3. The fourth-order valence-corrected chi connectivity index (χ4v) is 4.04. The Hall–Kier alpha value is -0.720. The van der Waals surface area contributed by atoms with Gasteiger partial charge in [-0.2, -0.15) is 0 Å². The first-order valence-corrected chi connectivity index (χ1v) is 8.83. The summed E-state index contributed by atoms with van der Waals surface area (Å²) in [4.78, 5) is 2.12. The average molecular weight is 358 g/mol. The zero-order valence-corrected chi connectivity index (χ0v) is 14.9. The lowest BCUT2D eigenvalue weighted by atomic mass is 9.75. The van der Waals surface area contributed by atoms with Gasteiger partial charge in [-0.1, -0.05) is 17.7 Å². The van der Waals surface area contributed by atoms with Crippen molar-refractivity contribution in [1.29, 1.82) is 0 Å². The number of benzene rings is 1. The van der Waals surface area contributed by atoms with Crippen molar-refractivity contribution in [2.75, 3.05) is 19.7 Å². The molecule has 2 saturated heterocycles. The highest BCUT2D eigenvalue weighted by molar-refractivity contribution is 6.31. The zero-order chi connectivity index (χ0) is 17.5. The summed E-state index contributed by atoms with van der Waals surface area (Å²) in [5.74, 6) is -0.250. The van der Waals surface area contributed by atoms with E-state index in [1.807, 2.05) is 0 Å². The SMILES string of the molecule is Cc1ccc(Cl)c(CN2CCC3(CC2)OCC[C@@](C)(O)[C@@H]3O)c1F. The molecule has 0 radical (unpaired) electrons. The number of aliphatic hydroxyl groups is 2. The van der Waals surface area contributed by atoms with E-state index in [2.05, 4.69) is 4.90 Å². The van der Waals surface area contributed by atoms with E-state index in [4.69, 9.17) is 16.3 Å². The molecule has 0 aromatic heterocycles. The van der Waals surface area contributed by atoms with Crippen molar-refractivity contribution >= 4 is 11.6 Å². The van der Waals surface area contributed by atoms with Crippen LogP contribution in [-0.4, -0.2) is 52.1 Å². The third-order valence-electron chi connectivity index (χ3n) is 5.55. The van der Waals surface area contributed by atoms with Crippen LogP contribution in [0, 0.1) is 12.7 Å².